The molecule has 0 amide bonds. The van der Waals surface area contributed by atoms with Gasteiger partial charge in [0.05, 0.1) is 23.1 Å². The largest absolute Gasteiger partial charge is 0.376 e. The maximum Gasteiger partial charge on any atom is 0.223 e. The van der Waals surface area contributed by atoms with Crippen LogP contribution in [0.15, 0.2) is 12.4 Å². The van der Waals surface area contributed by atoms with Crippen LogP contribution >= 0.6 is 11.6 Å². The number of hydrogen-bond acceptors (Lipinski definition) is 5. The Kier molecular flexibility index (Phi) is 4.97. The molecule has 1 aliphatic carbocycles. The second-order valence-corrected chi connectivity index (χ2v) is 6.85. The maximum absolute atomic E-state index is 6.11. The number of nitrogens with one attached hydrogen (secondary N) is 1. The van der Waals surface area contributed by atoms with E-state index in [-0.39, 0.29) is 0 Å². The number of nitrogens with zero attached hydrogens (tertiary/aromatic N) is 3. The number of aromatic nitrogens is 3. The number of pyridine rings is 1. The van der Waals surface area contributed by atoms with Crippen LogP contribution in [0.2, 0.25) is 5.15 Å². The van der Waals surface area contributed by atoms with Crippen LogP contribution in [-0.2, 0) is 4.74 Å². The van der Waals surface area contributed by atoms with Crippen molar-refractivity contribution in [3.8, 4) is 0 Å². The van der Waals surface area contributed by atoms with Gasteiger partial charge >= 0.3 is 0 Å². The number of ether oxygens (including phenoxy) is 1. The molecule has 0 radical (unpaired) electrons. The van der Waals surface area contributed by atoms with Crippen LogP contribution < -0.4 is 5.32 Å². The van der Waals surface area contributed by atoms with Gasteiger partial charge in [-0.1, -0.05) is 11.6 Å². The van der Waals surface area contributed by atoms with Crippen molar-refractivity contribution in [1.29, 1.82) is 0 Å². The molecular weight excluding hydrogens is 312 g/mol. The summed E-state index contributed by atoms with van der Waals surface area (Å²) < 4.78 is 5.90. The Morgan fingerprint density at radius 1 is 1.17 bits per heavy atom. The van der Waals surface area contributed by atoms with Gasteiger partial charge in [-0.3, -0.25) is 0 Å². The summed E-state index contributed by atoms with van der Waals surface area (Å²) in [5.74, 6) is 0.663. The summed E-state index contributed by atoms with van der Waals surface area (Å²) in [7, 11) is 0. The van der Waals surface area contributed by atoms with Crippen molar-refractivity contribution in [2.24, 2.45) is 0 Å². The molecule has 3 rings (SSSR count). The standard InChI is InChI=1S/C17H23ClN4O/c1-10(2)23-13-6-4-12(5-7-13)21-17-20-9-14-15(22-17)11(3)8-19-16(14)18/h8-10,12-13H,4-7H2,1-3H3,(H,20,21,22). The summed E-state index contributed by atoms with van der Waals surface area (Å²) >= 11 is 6.11. The van der Waals surface area contributed by atoms with Gasteiger partial charge in [-0.05, 0) is 52.0 Å². The Balaban J connectivity index is 1.67. The molecule has 2 heterocycles. The Labute approximate surface area is 141 Å². The van der Waals surface area contributed by atoms with E-state index in [0.717, 1.165) is 42.1 Å². The van der Waals surface area contributed by atoms with Crippen molar-refractivity contribution in [2.45, 2.75) is 64.7 Å². The summed E-state index contributed by atoms with van der Waals surface area (Å²) in [6.45, 7) is 6.17. The monoisotopic (exact) mass is 334 g/mol. The molecule has 1 aliphatic rings. The van der Waals surface area contributed by atoms with Crippen LogP contribution in [0.1, 0.15) is 45.1 Å². The zero-order valence-electron chi connectivity index (χ0n) is 13.8. The minimum atomic E-state index is 0.301. The van der Waals surface area contributed by atoms with E-state index in [1.807, 2.05) is 6.92 Å². The second-order valence-electron chi connectivity index (χ2n) is 6.49. The first-order valence-electron chi connectivity index (χ1n) is 8.22. The number of rotatable bonds is 4. The van der Waals surface area contributed by atoms with Crippen LogP contribution in [0.4, 0.5) is 5.95 Å². The number of fused-ring (bicyclic) bond motifs is 1. The predicted molar refractivity (Wildman–Crippen MR) is 93.0 cm³/mol. The predicted octanol–water partition coefficient (Wildman–Crippen LogP) is 4.13. The third kappa shape index (κ3) is 3.90. The van der Waals surface area contributed by atoms with Gasteiger partial charge < -0.3 is 10.1 Å². The van der Waals surface area contributed by atoms with E-state index in [1.165, 1.54) is 0 Å². The molecule has 1 fully saturated rings. The molecule has 1 N–H and O–H groups in total. The topological polar surface area (TPSA) is 59.9 Å². The highest BCUT2D eigenvalue weighted by Crippen LogP contribution is 2.26. The fourth-order valence-corrected chi connectivity index (χ4v) is 3.28. The van der Waals surface area contributed by atoms with Gasteiger partial charge in [0, 0.05) is 18.4 Å². The van der Waals surface area contributed by atoms with E-state index in [9.17, 15) is 0 Å². The third-order valence-electron chi connectivity index (χ3n) is 4.23. The van der Waals surface area contributed by atoms with Crippen LogP contribution in [0.25, 0.3) is 10.9 Å². The molecule has 0 spiro atoms. The molecule has 0 unspecified atom stereocenters. The smallest absolute Gasteiger partial charge is 0.223 e. The van der Waals surface area contributed by atoms with E-state index < -0.39 is 0 Å². The molecule has 0 aromatic carbocycles. The normalized spacial score (nSPS) is 21.8. The highest BCUT2D eigenvalue weighted by atomic mass is 35.5. The van der Waals surface area contributed by atoms with Crippen molar-refractivity contribution in [2.75, 3.05) is 5.32 Å². The molecule has 0 atom stereocenters. The zero-order chi connectivity index (χ0) is 16.4. The molecule has 0 aliphatic heterocycles. The first-order chi connectivity index (χ1) is 11.0. The van der Waals surface area contributed by atoms with Crippen LogP contribution in [0.3, 0.4) is 0 Å². The molecule has 1 saturated carbocycles. The molecule has 0 bridgehead atoms. The highest BCUT2D eigenvalue weighted by Gasteiger charge is 2.23. The van der Waals surface area contributed by atoms with Gasteiger partial charge in [-0.25, -0.2) is 15.0 Å². The Bertz CT molecular complexity index is 684. The average molecular weight is 335 g/mol. The highest BCUT2D eigenvalue weighted by molar-refractivity contribution is 6.34. The summed E-state index contributed by atoms with van der Waals surface area (Å²) in [5, 5.41) is 4.70. The quantitative estimate of drug-likeness (QED) is 0.852. The van der Waals surface area contributed by atoms with Crippen molar-refractivity contribution in [3.63, 3.8) is 0 Å². The van der Waals surface area contributed by atoms with E-state index in [0.29, 0.717) is 29.4 Å². The Hall–Kier alpha value is -1.46. The second kappa shape index (κ2) is 6.97. The summed E-state index contributed by atoms with van der Waals surface area (Å²) in [4.78, 5) is 13.1. The maximum atomic E-state index is 6.11. The van der Waals surface area contributed by atoms with Crippen LogP contribution in [0.5, 0.6) is 0 Å². The fourth-order valence-electron chi connectivity index (χ4n) is 3.10. The Morgan fingerprint density at radius 3 is 2.61 bits per heavy atom. The Morgan fingerprint density at radius 2 is 1.91 bits per heavy atom. The van der Waals surface area contributed by atoms with E-state index >= 15 is 0 Å². The van der Waals surface area contributed by atoms with Crippen molar-refractivity contribution in [1.82, 2.24) is 15.0 Å². The van der Waals surface area contributed by atoms with Gasteiger partial charge in [0.15, 0.2) is 0 Å². The molecule has 2 aromatic heterocycles. The average Bonchev–Trinajstić information content (AvgIpc) is 2.53. The molecule has 6 heteroatoms. The minimum absolute atomic E-state index is 0.301. The lowest BCUT2D eigenvalue weighted by atomic mass is 9.93. The number of anilines is 1. The van der Waals surface area contributed by atoms with Crippen molar-refractivity contribution in [3.05, 3.63) is 23.1 Å². The third-order valence-corrected chi connectivity index (χ3v) is 4.53. The molecule has 5 nitrogen and oxygen atoms in total. The molecule has 2 aromatic rings. The number of aryl methyl sites for hydroxylation is 1. The minimum Gasteiger partial charge on any atom is -0.376 e. The molecular formula is C17H23ClN4O. The van der Waals surface area contributed by atoms with Gasteiger partial charge in [-0.15, -0.1) is 0 Å². The lowest BCUT2D eigenvalue weighted by molar-refractivity contribution is -0.0133. The van der Waals surface area contributed by atoms with Gasteiger partial charge in [0.1, 0.15) is 5.15 Å². The first kappa shape index (κ1) is 16.4. The zero-order valence-corrected chi connectivity index (χ0v) is 14.6. The van der Waals surface area contributed by atoms with Gasteiger partial charge in [0.25, 0.3) is 0 Å². The van der Waals surface area contributed by atoms with Crippen LogP contribution in [0, 0.1) is 6.92 Å². The molecule has 23 heavy (non-hydrogen) atoms. The lowest BCUT2D eigenvalue weighted by Gasteiger charge is -2.30. The van der Waals surface area contributed by atoms with Gasteiger partial charge in [0.2, 0.25) is 5.95 Å². The summed E-state index contributed by atoms with van der Waals surface area (Å²) in [6.07, 6.45) is 8.50. The SMILES string of the molecule is Cc1cnc(Cl)c2cnc(NC3CCC(OC(C)C)CC3)nc12. The van der Waals surface area contributed by atoms with E-state index in [1.54, 1.807) is 12.4 Å². The van der Waals surface area contributed by atoms with Gasteiger partial charge in [-0.2, -0.15) is 0 Å². The van der Waals surface area contributed by atoms with Crippen molar-refractivity contribution < 1.29 is 4.74 Å². The van der Waals surface area contributed by atoms with E-state index in [4.69, 9.17) is 16.3 Å². The summed E-state index contributed by atoms with van der Waals surface area (Å²) in [5.41, 5.74) is 1.86. The fraction of sp³-hybridized carbons (Fsp3) is 0.588. The summed E-state index contributed by atoms with van der Waals surface area (Å²) in [6, 6.07) is 0.400. The van der Waals surface area contributed by atoms with Crippen LogP contribution in [-0.4, -0.2) is 33.2 Å². The van der Waals surface area contributed by atoms with E-state index in [2.05, 4.69) is 34.1 Å². The first-order valence-corrected chi connectivity index (χ1v) is 8.60. The lowest BCUT2D eigenvalue weighted by Crippen LogP contribution is -2.31. The number of halogens is 1. The number of hydrogen-bond donors (Lipinski definition) is 1. The molecule has 124 valence electrons. The van der Waals surface area contributed by atoms with Crippen molar-refractivity contribution >= 4 is 28.5 Å². The molecule has 0 saturated heterocycles.